The average molecular weight is 495 g/mol. The highest BCUT2D eigenvalue weighted by molar-refractivity contribution is 7.19. The second kappa shape index (κ2) is 11.0. The molecule has 186 valence electrons. The Balaban J connectivity index is 1.28. The van der Waals surface area contributed by atoms with Gasteiger partial charge in [0.25, 0.3) is 0 Å². The molecule has 1 amide bonds. The molecule has 0 unspecified atom stereocenters. The molecule has 9 heteroatoms. The van der Waals surface area contributed by atoms with E-state index in [1.54, 1.807) is 17.7 Å². The number of aliphatic hydroxyl groups is 1. The Morgan fingerprint density at radius 3 is 2.63 bits per heavy atom. The van der Waals surface area contributed by atoms with Crippen molar-refractivity contribution in [3.63, 3.8) is 0 Å². The van der Waals surface area contributed by atoms with Gasteiger partial charge in [-0.05, 0) is 30.5 Å². The highest BCUT2D eigenvalue weighted by Gasteiger charge is 2.28. The average Bonchev–Trinajstić information content (AvgIpc) is 3.27. The normalized spacial score (nSPS) is 17.9. The number of aliphatic hydroxyl groups excluding tert-OH is 1. The summed E-state index contributed by atoms with van der Waals surface area (Å²) >= 11 is 1.65. The molecule has 2 aromatic heterocycles. The number of carbonyl (C=O) groups excluding carboxylic acids is 1. The Hall–Kier alpha value is -2.59. The zero-order valence-electron chi connectivity index (χ0n) is 20.3. The standard InChI is InChI=1S/C26H34N6O2S/c1-2-9-30-11-13-31(14-12-30)16-23(34)32-10-8-20-22(15-32)35-26-24(20)25(27-18-28-26)29-21(17-33)19-6-4-3-5-7-19/h3-7,18,21,33H,2,8-17H2,1H3,(H,27,28,29)/t21-/m1/s1. The number of nitrogens with one attached hydrogen (secondary N) is 1. The van der Waals surface area contributed by atoms with Gasteiger partial charge in [0.05, 0.1) is 31.1 Å². The number of benzene rings is 1. The third-order valence-corrected chi connectivity index (χ3v) is 8.17. The van der Waals surface area contributed by atoms with Crippen LogP contribution in [0, 0.1) is 0 Å². The topological polar surface area (TPSA) is 84.8 Å². The molecule has 0 aliphatic carbocycles. The van der Waals surface area contributed by atoms with E-state index in [0.29, 0.717) is 19.6 Å². The van der Waals surface area contributed by atoms with E-state index in [9.17, 15) is 9.90 Å². The number of hydrogen-bond acceptors (Lipinski definition) is 8. The number of fused-ring (bicyclic) bond motifs is 3. The van der Waals surface area contributed by atoms with Gasteiger partial charge >= 0.3 is 0 Å². The van der Waals surface area contributed by atoms with Crippen LogP contribution in [0.3, 0.4) is 0 Å². The van der Waals surface area contributed by atoms with Crippen LogP contribution in [0.5, 0.6) is 0 Å². The van der Waals surface area contributed by atoms with Gasteiger partial charge in [0.2, 0.25) is 5.91 Å². The summed E-state index contributed by atoms with van der Waals surface area (Å²) in [6.45, 7) is 9.20. The molecular weight excluding hydrogens is 460 g/mol. The molecule has 2 aliphatic heterocycles. The Bertz CT molecular complexity index is 1150. The van der Waals surface area contributed by atoms with Crippen molar-refractivity contribution in [2.24, 2.45) is 0 Å². The molecule has 8 nitrogen and oxygen atoms in total. The summed E-state index contributed by atoms with van der Waals surface area (Å²) in [5, 5.41) is 14.5. The Kier molecular flexibility index (Phi) is 7.57. The monoisotopic (exact) mass is 494 g/mol. The van der Waals surface area contributed by atoms with E-state index in [2.05, 4.69) is 32.0 Å². The number of carbonyl (C=O) groups is 1. The van der Waals surface area contributed by atoms with Gasteiger partial charge in [-0.3, -0.25) is 9.69 Å². The smallest absolute Gasteiger partial charge is 0.237 e. The van der Waals surface area contributed by atoms with Crippen molar-refractivity contribution in [3.8, 4) is 0 Å². The number of rotatable bonds is 8. The van der Waals surface area contributed by atoms with Gasteiger partial charge in [-0.2, -0.15) is 0 Å². The van der Waals surface area contributed by atoms with E-state index >= 15 is 0 Å². The summed E-state index contributed by atoms with van der Waals surface area (Å²) in [6, 6.07) is 9.67. The van der Waals surface area contributed by atoms with Gasteiger partial charge in [0, 0.05) is 37.6 Å². The van der Waals surface area contributed by atoms with Crippen molar-refractivity contribution < 1.29 is 9.90 Å². The molecule has 3 aromatic rings. The largest absolute Gasteiger partial charge is 0.394 e. The minimum atomic E-state index is -0.246. The van der Waals surface area contributed by atoms with Gasteiger partial charge in [0.1, 0.15) is 17.0 Å². The van der Waals surface area contributed by atoms with E-state index in [0.717, 1.165) is 60.7 Å². The van der Waals surface area contributed by atoms with Crippen molar-refractivity contribution in [2.75, 3.05) is 57.7 Å². The molecule has 2 aliphatic rings. The summed E-state index contributed by atoms with van der Waals surface area (Å²) < 4.78 is 0. The predicted molar refractivity (Wildman–Crippen MR) is 140 cm³/mol. The second-order valence-corrected chi connectivity index (χ2v) is 10.5. The molecule has 0 saturated carbocycles. The first kappa shape index (κ1) is 24.1. The van der Waals surface area contributed by atoms with Crippen LogP contribution in [0.1, 0.15) is 35.4 Å². The van der Waals surface area contributed by atoms with Crippen LogP contribution in [0.15, 0.2) is 36.7 Å². The van der Waals surface area contributed by atoms with Gasteiger partial charge < -0.3 is 20.2 Å². The lowest BCUT2D eigenvalue weighted by molar-refractivity contribution is -0.133. The van der Waals surface area contributed by atoms with Gasteiger partial charge in [-0.15, -0.1) is 11.3 Å². The fraction of sp³-hybridized carbons (Fsp3) is 0.500. The van der Waals surface area contributed by atoms with E-state index in [1.165, 1.54) is 16.9 Å². The third kappa shape index (κ3) is 5.33. The zero-order chi connectivity index (χ0) is 24.2. The van der Waals surface area contributed by atoms with E-state index in [1.807, 2.05) is 35.2 Å². The van der Waals surface area contributed by atoms with Crippen LogP contribution < -0.4 is 5.32 Å². The van der Waals surface area contributed by atoms with Crippen molar-refractivity contribution in [2.45, 2.75) is 32.4 Å². The van der Waals surface area contributed by atoms with Crippen LogP contribution in [0.4, 0.5) is 5.82 Å². The first-order valence-electron chi connectivity index (χ1n) is 12.6. The van der Waals surface area contributed by atoms with Crippen LogP contribution >= 0.6 is 11.3 Å². The number of amides is 1. The van der Waals surface area contributed by atoms with E-state index < -0.39 is 0 Å². The Morgan fingerprint density at radius 1 is 1.11 bits per heavy atom. The lowest BCUT2D eigenvalue weighted by Gasteiger charge is -2.35. The third-order valence-electron chi connectivity index (χ3n) is 7.05. The molecule has 1 fully saturated rings. The van der Waals surface area contributed by atoms with Gasteiger partial charge in [0.15, 0.2) is 0 Å². The Morgan fingerprint density at radius 2 is 1.89 bits per heavy atom. The molecule has 1 saturated heterocycles. The van der Waals surface area contributed by atoms with E-state index in [-0.39, 0.29) is 18.6 Å². The first-order chi connectivity index (χ1) is 17.2. The number of aromatic nitrogens is 2. The summed E-state index contributed by atoms with van der Waals surface area (Å²) in [4.78, 5) is 31.1. The second-order valence-electron chi connectivity index (χ2n) is 9.38. The lowest BCUT2D eigenvalue weighted by atomic mass is 10.0. The highest BCUT2D eigenvalue weighted by atomic mass is 32.1. The van der Waals surface area contributed by atoms with E-state index in [4.69, 9.17) is 0 Å². The lowest BCUT2D eigenvalue weighted by Crippen LogP contribution is -2.50. The fourth-order valence-electron chi connectivity index (χ4n) is 5.11. The number of anilines is 1. The van der Waals surface area contributed by atoms with Gasteiger partial charge in [-0.25, -0.2) is 9.97 Å². The highest BCUT2D eigenvalue weighted by Crippen LogP contribution is 2.38. The van der Waals surface area contributed by atoms with Gasteiger partial charge in [-0.1, -0.05) is 37.3 Å². The Labute approximate surface area is 210 Å². The summed E-state index contributed by atoms with van der Waals surface area (Å²) in [5.74, 6) is 0.964. The SMILES string of the molecule is CCCN1CCN(CC(=O)N2CCc3c(sc4ncnc(N[C@H](CO)c5ccccc5)c34)C2)CC1. The van der Waals surface area contributed by atoms with Crippen molar-refractivity contribution in [1.29, 1.82) is 0 Å². The quantitative estimate of drug-likeness (QED) is 0.498. The molecule has 1 atom stereocenters. The predicted octanol–water partition coefficient (Wildman–Crippen LogP) is 2.75. The number of thiophene rings is 1. The minimum Gasteiger partial charge on any atom is -0.394 e. The van der Waals surface area contributed by atoms with Crippen molar-refractivity contribution in [3.05, 3.63) is 52.7 Å². The molecule has 1 aromatic carbocycles. The van der Waals surface area contributed by atoms with Crippen molar-refractivity contribution >= 4 is 33.3 Å². The molecule has 35 heavy (non-hydrogen) atoms. The van der Waals surface area contributed by atoms with Crippen LogP contribution in [0.2, 0.25) is 0 Å². The number of nitrogens with zero attached hydrogens (tertiary/aromatic N) is 5. The maximum atomic E-state index is 13.1. The van der Waals surface area contributed by atoms with Crippen LogP contribution in [0.25, 0.3) is 10.2 Å². The minimum absolute atomic E-state index is 0.0309. The molecule has 0 spiro atoms. The summed E-state index contributed by atoms with van der Waals surface area (Å²) in [6.07, 6.45) is 3.55. The molecule has 2 N–H and O–H groups in total. The first-order valence-corrected chi connectivity index (χ1v) is 13.4. The zero-order valence-corrected chi connectivity index (χ0v) is 21.1. The fourth-order valence-corrected chi connectivity index (χ4v) is 6.32. The van der Waals surface area contributed by atoms with Crippen LogP contribution in [-0.2, 0) is 17.8 Å². The maximum Gasteiger partial charge on any atom is 0.237 e. The molecule has 0 radical (unpaired) electrons. The number of piperazine rings is 1. The summed E-state index contributed by atoms with van der Waals surface area (Å²) in [7, 11) is 0. The maximum absolute atomic E-state index is 13.1. The summed E-state index contributed by atoms with van der Waals surface area (Å²) in [5.41, 5.74) is 2.24. The molecule has 0 bridgehead atoms. The van der Waals surface area contributed by atoms with Crippen molar-refractivity contribution in [1.82, 2.24) is 24.7 Å². The van der Waals surface area contributed by atoms with Crippen LogP contribution in [-0.4, -0.2) is 88.1 Å². The molecule has 5 rings (SSSR count). The number of hydrogen-bond donors (Lipinski definition) is 2. The molecule has 4 heterocycles. The molecular formula is C26H34N6O2S.